The summed E-state index contributed by atoms with van der Waals surface area (Å²) in [4.78, 5) is 10.7. The molecule has 6 nitrogen and oxygen atoms in total. The van der Waals surface area contributed by atoms with Crippen LogP contribution in [0.25, 0.3) is 0 Å². The number of rotatable bonds is 2. The summed E-state index contributed by atoms with van der Waals surface area (Å²) in [6.45, 7) is 4.00. The van der Waals surface area contributed by atoms with Gasteiger partial charge in [0.1, 0.15) is 6.10 Å². The van der Waals surface area contributed by atoms with Crippen molar-refractivity contribution in [3.05, 3.63) is 62.7 Å². The van der Waals surface area contributed by atoms with Crippen LogP contribution in [-0.2, 0) is 11.2 Å². The highest BCUT2D eigenvalue weighted by atomic mass is 16.7. The first-order valence-corrected chi connectivity index (χ1v) is 7.85. The summed E-state index contributed by atoms with van der Waals surface area (Å²) in [6, 6.07) is 9.12. The Kier molecular flexibility index (Phi) is 3.42. The van der Waals surface area contributed by atoms with Crippen LogP contribution in [0.3, 0.4) is 0 Å². The fraction of sp³-hybridized carbons (Fsp3) is 0.333. The van der Waals surface area contributed by atoms with Crippen LogP contribution in [0.5, 0.6) is 11.5 Å². The fourth-order valence-electron chi connectivity index (χ4n) is 3.39. The molecule has 0 fully saturated rings. The van der Waals surface area contributed by atoms with Crippen LogP contribution in [-0.4, -0.2) is 17.8 Å². The molecule has 0 saturated heterocycles. The normalized spacial score (nSPS) is 21.4. The lowest BCUT2D eigenvalue weighted by Gasteiger charge is -2.31. The molecule has 2 aromatic rings. The number of hydrogen-bond donors (Lipinski definition) is 0. The molecule has 2 atom stereocenters. The van der Waals surface area contributed by atoms with Crippen molar-refractivity contribution in [2.75, 3.05) is 6.79 Å². The molecule has 4 rings (SSSR count). The minimum atomic E-state index is -0.366. The number of fused-ring (bicyclic) bond motifs is 2. The largest absolute Gasteiger partial charge is 0.454 e. The van der Waals surface area contributed by atoms with E-state index in [1.54, 1.807) is 19.1 Å². The molecule has 0 bridgehead atoms. The minimum Gasteiger partial charge on any atom is -0.454 e. The maximum Gasteiger partial charge on any atom is 0.272 e. The van der Waals surface area contributed by atoms with E-state index in [1.807, 2.05) is 25.1 Å². The van der Waals surface area contributed by atoms with Crippen molar-refractivity contribution in [2.45, 2.75) is 32.5 Å². The number of benzene rings is 2. The van der Waals surface area contributed by atoms with E-state index in [0.29, 0.717) is 5.56 Å². The van der Waals surface area contributed by atoms with Crippen molar-refractivity contribution >= 4 is 5.69 Å². The van der Waals surface area contributed by atoms with E-state index in [0.717, 1.165) is 29.0 Å². The van der Waals surface area contributed by atoms with Gasteiger partial charge < -0.3 is 14.2 Å². The van der Waals surface area contributed by atoms with Crippen LogP contribution in [0.1, 0.15) is 35.3 Å². The van der Waals surface area contributed by atoms with Crippen LogP contribution in [0.4, 0.5) is 5.69 Å². The Morgan fingerprint density at radius 2 is 1.92 bits per heavy atom. The Balaban J connectivity index is 1.80. The Morgan fingerprint density at radius 3 is 2.62 bits per heavy atom. The quantitative estimate of drug-likeness (QED) is 0.621. The number of nitro benzene ring substituents is 1. The highest BCUT2D eigenvalue weighted by Gasteiger charge is 2.30. The van der Waals surface area contributed by atoms with Crippen molar-refractivity contribution in [1.82, 2.24) is 0 Å². The second-order valence-corrected chi connectivity index (χ2v) is 6.24. The zero-order chi connectivity index (χ0) is 16.8. The molecule has 6 heteroatoms. The van der Waals surface area contributed by atoms with Gasteiger partial charge in [-0.1, -0.05) is 0 Å². The highest BCUT2D eigenvalue weighted by molar-refractivity contribution is 5.53. The van der Waals surface area contributed by atoms with E-state index in [9.17, 15) is 10.1 Å². The van der Waals surface area contributed by atoms with E-state index < -0.39 is 0 Å². The summed E-state index contributed by atoms with van der Waals surface area (Å²) in [5, 5.41) is 11.0. The number of hydrogen-bond acceptors (Lipinski definition) is 5. The van der Waals surface area contributed by atoms with Crippen LogP contribution in [0, 0.1) is 17.0 Å². The number of nitro groups is 1. The molecule has 2 aromatic carbocycles. The van der Waals surface area contributed by atoms with Gasteiger partial charge in [0, 0.05) is 11.6 Å². The number of ether oxygens (including phenoxy) is 3. The molecule has 0 saturated carbocycles. The molecule has 0 spiro atoms. The third kappa shape index (κ3) is 2.39. The Labute approximate surface area is 139 Å². The molecule has 0 amide bonds. The van der Waals surface area contributed by atoms with Gasteiger partial charge in [-0.05, 0) is 61.2 Å². The van der Waals surface area contributed by atoms with E-state index >= 15 is 0 Å². The lowest BCUT2D eigenvalue weighted by Crippen LogP contribution is -2.24. The van der Waals surface area contributed by atoms with Crippen molar-refractivity contribution in [3.8, 4) is 11.5 Å². The molecular formula is C18H17NO5. The topological polar surface area (TPSA) is 70.8 Å². The minimum absolute atomic E-state index is 0.0540. The molecule has 124 valence electrons. The van der Waals surface area contributed by atoms with E-state index in [4.69, 9.17) is 14.2 Å². The molecule has 0 aliphatic carbocycles. The first-order chi connectivity index (χ1) is 11.5. The van der Waals surface area contributed by atoms with Crippen molar-refractivity contribution in [1.29, 1.82) is 0 Å². The third-order valence-corrected chi connectivity index (χ3v) is 4.51. The predicted octanol–water partition coefficient (Wildman–Crippen LogP) is 3.68. The van der Waals surface area contributed by atoms with Gasteiger partial charge in [-0.3, -0.25) is 10.1 Å². The van der Waals surface area contributed by atoms with E-state index in [2.05, 4.69) is 0 Å². The third-order valence-electron chi connectivity index (χ3n) is 4.51. The van der Waals surface area contributed by atoms with Crippen molar-refractivity contribution in [3.63, 3.8) is 0 Å². The lowest BCUT2D eigenvalue weighted by atomic mass is 9.89. The summed E-state index contributed by atoms with van der Waals surface area (Å²) in [7, 11) is 0. The Bertz CT molecular complexity index is 832. The molecule has 0 aromatic heterocycles. The predicted molar refractivity (Wildman–Crippen MR) is 86.5 cm³/mol. The molecular weight excluding hydrogens is 310 g/mol. The molecule has 2 heterocycles. The summed E-state index contributed by atoms with van der Waals surface area (Å²) in [5.41, 5.74) is 3.85. The van der Waals surface area contributed by atoms with Gasteiger partial charge >= 0.3 is 0 Å². The second-order valence-electron chi connectivity index (χ2n) is 6.24. The van der Waals surface area contributed by atoms with Crippen molar-refractivity contribution in [2.24, 2.45) is 0 Å². The van der Waals surface area contributed by atoms with Crippen LogP contribution in [0.2, 0.25) is 0 Å². The first kappa shape index (κ1) is 15.0. The second kappa shape index (κ2) is 5.49. The van der Waals surface area contributed by atoms with Crippen molar-refractivity contribution < 1.29 is 19.1 Å². The Hall–Kier alpha value is -2.60. The maximum absolute atomic E-state index is 11.0. The molecule has 2 aliphatic rings. The standard InChI is InChI=1S/C18H17NO5/c1-10-5-12(3-4-15(10)19(20)21)18-14-8-17-16(22-9-23-17)7-13(14)6-11(2)24-18/h3-5,7-8,11,18H,6,9H2,1-2H3/t11-,18?/m1/s1. The summed E-state index contributed by atoms with van der Waals surface area (Å²) in [6.07, 6.45) is 0.588. The summed E-state index contributed by atoms with van der Waals surface area (Å²) >= 11 is 0. The molecule has 2 aliphatic heterocycles. The Morgan fingerprint density at radius 1 is 1.17 bits per heavy atom. The average molecular weight is 327 g/mol. The molecule has 24 heavy (non-hydrogen) atoms. The van der Waals surface area contributed by atoms with Crippen LogP contribution in [0.15, 0.2) is 30.3 Å². The molecule has 0 N–H and O–H groups in total. The maximum atomic E-state index is 11.0. The summed E-state index contributed by atoms with van der Waals surface area (Å²) < 4.78 is 17.1. The average Bonchev–Trinajstić information content (AvgIpc) is 2.98. The first-order valence-electron chi connectivity index (χ1n) is 7.85. The van der Waals surface area contributed by atoms with E-state index in [1.165, 1.54) is 5.56 Å². The lowest BCUT2D eigenvalue weighted by molar-refractivity contribution is -0.385. The number of aryl methyl sites for hydroxylation is 1. The van der Waals surface area contributed by atoms with E-state index in [-0.39, 0.29) is 29.6 Å². The molecule has 0 radical (unpaired) electrons. The fourth-order valence-corrected chi connectivity index (χ4v) is 3.39. The molecule has 1 unspecified atom stereocenters. The van der Waals surface area contributed by atoms with Gasteiger partial charge in [0.25, 0.3) is 5.69 Å². The number of nitrogens with zero attached hydrogens (tertiary/aromatic N) is 1. The monoisotopic (exact) mass is 327 g/mol. The SMILES string of the molecule is Cc1cc(C2O[C@H](C)Cc3cc4c(cc32)OCO4)ccc1[N+](=O)[O-]. The highest BCUT2D eigenvalue weighted by Crippen LogP contribution is 2.43. The van der Waals surface area contributed by atoms with Crippen LogP contribution < -0.4 is 9.47 Å². The van der Waals surface area contributed by atoms with Gasteiger partial charge in [-0.15, -0.1) is 0 Å². The van der Waals surface area contributed by atoms with Gasteiger partial charge in [0.2, 0.25) is 6.79 Å². The zero-order valence-corrected chi connectivity index (χ0v) is 13.4. The summed E-state index contributed by atoms with van der Waals surface area (Å²) in [5.74, 6) is 1.48. The van der Waals surface area contributed by atoms with Crippen LogP contribution >= 0.6 is 0 Å². The van der Waals surface area contributed by atoms with Gasteiger partial charge in [-0.25, -0.2) is 0 Å². The van der Waals surface area contributed by atoms with Gasteiger partial charge in [0.05, 0.1) is 11.0 Å². The van der Waals surface area contributed by atoms with Gasteiger partial charge in [0.15, 0.2) is 11.5 Å². The van der Waals surface area contributed by atoms with Gasteiger partial charge in [-0.2, -0.15) is 0 Å². The zero-order valence-electron chi connectivity index (χ0n) is 13.4. The smallest absolute Gasteiger partial charge is 0.272 e.